The highest BCUT2D eigenvalue weighted by Gasteiger charge is 2.32. The first-order valence-corrected chi connectivity index (χ1v) is 6.43. The van der Waals surface area contributed by atoms with Crippen LogP contribution in [0.2, 0.25) is 0 Å². The molecule has 0 unspecified atom stereocenters. The van der Waals surface area contributed by atoms with Crippen LogP contribution in [-0.4, -0.2) is 54.3 Å². The molecule has 6 nitrogen and oxygen atoms in total. The van der Waals surface area contributed by atoms with E-state index >= 15 is 0 Å². The third-order valence-electron chi connectivity index (χ3n) is 3.05. The molecule has 2 N–H and O–H groups in total. The molecule has 1 heterocycles. The molecule has 104 valence electrons. The van der Waals surface area contributed by atoms with Crippen LogP contribution in [0.3, 0.4) is 0 Å². The van der Waals surface area contributed by atoms with Gasteiger partial charge in [0.15, 0.2) is 0 Å². The van der Waals surface area contributed by atoms with Gasteiger partial charge in [0, 0.05) is 26.7 Å². The Kier molecular flexibility index (Phi) is 4.21. The molecule has 1 aromatic heterocycles. The van der Waals surface area contributed by atoms with Gasteiger partial charge in [0.05, 0.1) is 18.5 Å². The third kappa shape index (κ3) is 3.57. The minimum atomic E-state index is -0.170. The van der Waals surface area contributed by atoms with Gasteiger partial charge in [-0.15, -0.1) is 0 Å². The van der Waals surface area contributed by atoms with Gasteiger partial charge >= 0.3 is 6.03 Å². The van der Waals surface area contributed by atoms with Crippen molar-refractivity contribution in [3.05, 3.63) is 18.3 Å². The van der Waals surface area contributed by atoms with Crippen molar-refractivity contribution < 1.29 is 9.90 Å². The number of nitrogens with one attached hydrogen (secondary N) is 1. The first-order chi connectivity index (χ1) is 9.11. The quantitative estimate of drug-likeness (QED) is 0.836. The standard InChI is InChI=1S/C13H20N4O2/c1-16(2)12-6-3-10(9-14-12)15-13(19)17(7-8-18)11-4-5-11/h3,6,9,11,18H,4-5,7-8H2,1-2H3,(H,15,19). The molecule has 2 amide bonds. The van der Waals surface area contributed by atoms with E-state index in [-0.39, 0.29) is 18.7 Å². The zero-order valence-corrected chi connectivity index (χ0v) is 11.3. The van der Waals surface area contributed by atoms with Crippen LogP contribution in [0.4, 0.5) is 16.3 Å². The number of aliphatic hydroxyl groups is 1. The summed E-state index contributed by atoms with van der Waals surface area (Å²) in [6.45, 7) is 0.363. The predicted molar refractivity (Wildman–Crippen MR) is 74.4 cm³/mol. The average molecular weight is 264 g/mol. The van der Waals surface area contributed by atoms with Crippen molar-refractivity contribution in [2.24, 2.45) is 0 Å². The fourth-order valence-electron chi connectivity index (χ4n) is 1.86. The molecule has 1 fully saturated rings. The number of pyridine rings is 1. The smallest absolute Gasteiger partial charge is 0.322 e. The Morgan fingerprint density at radius 2 is 2.21 bits per heavy atom. The zero-order valence-electron chi connectivity index (χ0n) is 11.3. The van der Waals surface area contributed by atoms with Gasteiger partial charge in [0.1, 0.15) is 5.82 Å². The van der Waals surface area contributed by atoms with E-state index in [2.05, 4.69) is 10.3 Å². The van der Waals surface area contributed by atoms with Crippen LogP contribution in [0.15, 0.2) is 18.3 Å². The first kappa shape index (κ1) is 13.6. The number of aromatic nitrogens is 1. The molecule has 0 atom stereocenters. The van der Waals surface area contributed by atoms with Gasteiger partial charge in [-0.2, -0.15) is 0 Å². The summed E-state index contributed by atoms with van der Waals surface area (Å²) in [6.07, 6.45) is 3.67. The second-order valence-corrected chi connectivity index (χ2v) is 4.88. The molecule has 1 aliphatic carbocycles. The number of rotatable bonds is 5. The van der Waals surface area contributed by atoms with Gasteiger partial charge in [-0.25, -0.2) is 9.78 Å². The monoisotopic (exact) mass is 264 g/mol. The van der Waals surface area contributed by atoms with Crippen LogP contribution < -0.4 is 10.2 Å². The minimum absolute atomic E-state index is 0.0122. The highest BCUT2D eigenvalue weighted by Crippen LogP contribution is 2.27. The van der Waals surface area contributed by atoms with Crippen molar-refractivity contribution >= 4 is 17.5 Å². The van der Waals surface area contributed by atoms with Crippen molar-refractivity contribution in [2.75, 3.05) is 37.5 Å². The Bertz CT molecular complexity index is 429. The summed E-state index contributed by atoms with van der Waals surface area (Å²) in [5.41, 5.74) is 0.666. The van der Waals surface area contributed by atoms with Gasteiger partial charge in [-0.05, 0) is 25.0 Å². The topological polar surface area (TPSA) is 68.7 Å². The fourth-order valence-corrected chi connectivity index (χ4v) is 1.86. The largest absolute Gasteiger partial charge is 0.395 e. The summed E-state index contributed by atoms with van der Waals surface area (Å²) in [6, 6.07) is 3.78. The highest BCUT2D eigenvalue weighted by molar-refractivity contribution is 5.89. The van der Waals surface area contributed by atoms with Crippen LogP contribution >= 0.6 is 0 Å². The number of carbonyl (C=O) groups is 1. The molecule has 0 spiro atoms. The number of anilines is 2. The molecule has 19 heavy (non-hydrogen) atoms. The minimum Gasteiger partial charge on any atom is -0.395 e. The molecule has 0 aromatic carbocycles. The second kappa shape index (κ2) is 5.88. The predicted octanol–water partition coefficient (Wildman–Crippen LogP) is 1.14. The normalized spacial score (nSPS) is 14.1. The van der Waals surface area contributed by atoms with E-state index < -0.39 is 0 Å². The Labute approximate surface area is 113 Å². The average Bonchev–Trinajstić information content (AvgIpc) is 3.20. The summed E-state index contributed by atoms with van der Waals surface area (Å²) in [4.78, 5) is 19.9. The highest BCUT2D eigenvalue weighted by atomic mass is 16.3. The molecule has 0 radical (unpaired) electrons. The molecular weight excluding hydrogens is 244 g/mol. The maximum Gasteiger partial charge on any atom is 0.322 e. The van der Waals surface area contributed by atoms with E-state index in [9.17, 15) is 4.79 Å². The Hall–Kier alpha value is -1.82. The van der Waals surface area contributed by atoms with Crippen LogP contribution in [0, 0.1) is 0 Å². The number of nitrogens with zero attached hydrogens (tertiary/aromatic N) is 3. The van der Waals surface area contributed by atoms with Crippen LogP contribution in [0.5, 0.6) is 0 Å². The Morgan fingerprint density at radius 1 is 1.47 bits per heavy atom. The number of hydrogen-bond donors (Lipinski definition) is 2. The van der Waals surface area contributed by atoms with Gasteiger partial charge < -0.3 is 20.2 Å². The first-order valence-electron chi connectivity index (χ1n) is 6.43. The number of urea groups is 1. The molecular formula is C13H20N4O2. The lowest BCUT2D eigenvalue weighted by Crippen LogP contribution is -2.38. The maximum absolute atomic E-state index is 12.1. The Morgan fingerprint density at radius 3 is 2.68 bits per heavy atom. The van der Waals surface area contributed by atoms with Crippen LogP contribution in [0.25, 0.3) is 0 Å². The van der Waals surface area contributed by atoms with Gasteiger partial charge in [-0.1, -0.05) is 0 Å². The van der Waals surface area contributed by atoms with Gasteiger partial charge in [-0.3, -0.25) is 0 Å². The number of carbonyl (C=O) groups excluding carboxylic acids is 1. The molecule has 6 heteroatoms. The second-order valence-electron chi connectivity index (χ2n) is 4.88. The van der Waals surface area contributed by atoms with Crippen molar-refractivity contribution in [1.29, 1.82) is 0 Å². The van der Waals surface area contributed by atoms with Crippen LogP contribution in [0.1, 0.15) is 12.8 Å². The number of hydrogen-bond acceptors (Lipinski definition) is 4. The van der Waals surface area contributed by atoms with Gasteiger partial charge in [0.2, 0.25) is 0 Å². The van der Waals surface area contributed by atoms with E-state index in [1.807, 2.05) is 31.1 Å². The molecule has 1 saturated carbocycles. The van der Waals surface area contributed by atoms with Crippen molar-refractivity contribution in [2.45, 2.75) is 18.9 Å². The lowest BCUT2D eigenvalue weighted by Gasteiger charge is -2.21. The molecule has 1 aliphatic rings. The van der Waals surface area contributed by atoms with Crippen molar-refractivity contribution in [3.63, 3.8) is 0 Å². The van der Waals surface area contributed by atoms with Crippen molar-refractivity contribution in [1.82, 2.24) is 9.88 Å². The zero-order chi connectivity index (χ0) is 13.8. The van der Waals surface area contributed by atoms with E-state index in [0.29, 0.717) is 12.2 Å². The lowest BCUT2D eigenvalue weighted by molar-refractivity contribution is 0.185. The maximum atomic E-state index is 12.1. The van der Waals surface area contributed by atoms with Crippen LogP contribution in [-0.2, 0) is 0 Å². The number of aliphatic hydroxyl groups excluding tert-OH is 1. The molecule has 0 aliphatic heterocycles. The van der Waals surface area contributed by atoms with E-state index in [1.54, 1.807) is 11.1 Å². The summed E-state index contributed by atoms with van der Waals surface area (Å²) in [7, 11) is 3.83. The molecule has 2 rings (SSSR count). The van der Waals surface area contributed by atoms with E-state index in [1.165, 1.54) is 0 Å². The summed E-state index contributed by atoms with van der Waals surface area (Å²) >= 11 is 0. The third-order valence-corrected chi connectivity index (χ3v) is 3.05. The molecule has 0 bridgehead atoms. The lowest BCUT2D eigenvalue weighted by atomic mass is 10.4. The Balaban J connectivity index is 1.97. The van der Waals surface area contributed by atoms with E-state index in [4.69, 9.17) is 5.11 Å². The van der Waals surface area contributed by atoms with E-state index in [0.717, 1.165) is 18.7 Å². The fraction of sp³-hybridized carbons (Fsp3) is 0.538. The van der Waals surface area contributed by atoms with Crippen molar-refractivity contribution in [3.8, 4) is 0 Å². The molecule has 1 aromatic rings. The van der Waals surface area contributed by atoms with Gasteiger partial charge in [0.25, 0.3) is 0 Å². The summed E-state index contributed by atoms with van der Waals surface area (Å²) in [5, 5.41) is 11.8. The summed E-state index contributed by atoms with van der Waals surface area (Å²) in [5.74, 6) is 0.840. The number of amides is 2. The molecule has 0 saturated heterocycles. The summed E-state index contributed by atoms with van der Waals surface area (Å²) < 4.78 is 0. The SMILES string of the molecule is CN(C)c1ccc(NC(=O)N(CCO)C2CC2)cn1.